The summed E-state index contributed by atoms with van der Waals surface area (Å²) in [6.45, 7) is 5.97. The summed E-state index contributed by atoms with van der Waals surface area (Å²) in [5.41, 5.74) is 3.05. The predicted octanol–water partition coefficient (Wildman–Crippen LogP) is 7.46. The number of pyridine rings is 1. The van der Waals surface area contributed by atoms with Gasteiger partial charge in [-0.15, -0.1) is 0 Å². The number of urea groups is 1. The SMILES string of the molecule is COc1c(NC(=O)O)cc(C(C)(C)C)cc1NC(=O)Nc1ccc(Oc2ccnc(-c3cnc[nH]3)c2)c2ccccc12. The van der Waals surface area contributed by atoms with E-state index in [0.717, 1.165) is 22.0 Å². The third-order valence-electron chi connectivity index (χ3n) is 6.51. The Labute approximate surface area is 241 Å². The lowest BCUT2D eigenvalue weighted by atomic mass is 9.86. The van der Waals surface area contributed by atoms with Gasteiger partial charge in [0.25, 0.3) is 0 Å². The minimum absolute atomic E-state index is 0.195. The number of fused-ring (bicyclic) bond motifs is 1. The highest BCUT2D eigenvalue weighted by Gasteiger charge is 2.22. The van der Waals surface area contributed by atoms with Gasteiger partial charge in [-0.2, -0.15) is 0 Å². The monoisotopic (exact) mass is 566 g/mol. The van der Waals surface area contributed by atoms with Crippen molar-refractivity contribution in [1.82, 2.24) is 15.0 Å². The summed E-state index contributed by atoms with van der Waals surface area (Å²) in [5.74, 6) is 1.39. The summed E-state index contributed by atoms with van der Waals surface area (Å²) in [7, 11) is 1.41. The van der Waals surface area contributed by atoms with Crippen LogP contribution in [-0.2, 0) is 5.41 Å². The van der Waals surface area contributed by atoms with E-state index in [-0.39, 0.29) is 16.9 Å². The Morgan fingerprint density at radius 2 is 1.62 bits per heavy atom. The Bertz CT molecular complexity index is 1760. The van der Waals surface area contributed by atoms with Crippen molar-refractivity contribution >= 4 is 40.0 Å². The van der Waals surface area contributed by atoms with Crippen molar-refractivity contribution in [3.63, 3.8) is 0 Å². The number of carbonyl (C=O) groups is 2. The van der Waals surface area contributed by atoms with Gasteiger partial charge in [-0.25, -0.2) is 14.6 Å². The molecule has 5 N–H and O–H groups in total. The summed E-state index contributed by atoms with van der Waals surface area (Å²) in [6, 6.07) is 17.6. The molecule has 3 amide bonds. The molecule has 42 heavy (non-hydrogen) atoms. The van der Waals surface area contributed by atoms with Gasteiger partial charge in [-0.05, 0) is 41.3 Å². The van der Waals surface area contributed by atoms with E-state index in [1.807, 2.05) is 51.1 Å². The van der Waals surface area contributed by atoms with Crippen LogP contribution in [0.25, 0.3) is 22.2 Å². The van der Waals surface area contributed by atoms with E-state index in [1.165, 1.54) is 7.11 Å². The van der Waals surface area contributed by atoms with Gasteiger partial charge in [0.15, 0.2) is 5.75 Å². The second-order valence-corrected chi connectivity index (χ2v) is 10.5. The van der Waals surface area contributed by atoms with Gasteiger partial charge in [0, 0.05) is 23.0 Å². The number of nitrogens with one attached hydrogen (secondary N) is 4. The molecule has 5 aromatic rings. The molecule has 11 nitrogen and oxygen atoms in total. The van der Waals surface area contributed by atoms with Crippen LogP contribution in [0, 0.1) is 0 Å². The van der Waals surface area contributed by atoms with Crippen molar-refractivity contribution in [3.05, 3.63) is 84.9 Å². The molecule has 0 radical (unpaired) electrons. The number of benzene rings is 3. The highest BCUT2D eigenvalue weighted by Crippen LogP contribution is 2.39. The second kappa shape index (κ2) is 11.5. The Balaban J connectivity index is 1.42. The molecule has 0 unspecified atom stereocenters. The van der Waals surface area contributed by atoms with Crippen LogP contribution in [0.5, 0.6) is 17.2 Å². The zero-order valence-corrected chi connectivity index (χ0v) is 23.5. The van der Waals surface area contributed by atoms with Crippen LogP contribution in [0.2, 0.25) is 0 Å². The number of methoxy groups -OCH3 is 1. The number of carboxylic acid groups (broad SMARTS) is 1. The number of aromatic nitrogens is 3. The molecular formula is C31H30N6O5. The van der Waals surface area contributed by atoms with E-state index in [0.29, 0.717) is 28.6 Å². The van der Waals surface area contributed by atoms with Crippen molar-refractivity contribution in [2.75, 3.05) is 23.1 Å². The van der Waals surface area contributed by atoms with Crippen molar-refractivity contribution in [1.29, 1.82) is 0 Å². The largest absolute Gasteiger partial charge is 0.492 e. The number of imidazole rings is 1. The molecule has 3 aromatic carbocycles. The summed E-state index contributed by atoms with van der Waals surface area (Å²) >= 11 is 0. The van der Waals surface area contributed by atoms with Crippen molar-refractivity contribution < 1.29 is 24.2 Å². The number of amides is 3. The maximum atomic E-state index is 13.3. The van der Waals surface area contributed by atoms with E-state index in [4.69, 9.17) is 9.47 Å². The normalized spacial score (nSPS) is 11.1. The number of H-pyrrole nitrogens is 1. The summed E-state index contributed by atoms with van der Waals surface area (Å²) in [6.07, 6.45) is 3.69. The maximum absolute atomic E-state index is 13.3. The fraction of sp³-hybridized carbons (Fsp3) is 0.161. The minimum Gasteiger partial charge on any atom is -0.492 e. The van der Waals surface area contributed by atoms with E-state index >= 15 is 0 Å². The van der Waals surface area contributed by atoms with Gasteiger partial charge in [-0.1, -0.05) is 45.0 Å². The molecule has 2 heterocycles. The van der Waals surface area contributed by atoms with Crippen LogP contribution in [0.3, 0.4) is 0 Å². The fourth-order valence-corrected chi connectivity index (χ4v) is 4.47. The molecule has 0 aliphatic heterocycles. The van der Waals surface area contributed by atoms with Crippen LogP contribution in [0.15, 0.2) is 79.4 Å². The van der Waals surface area contributed by atoms with Gasteiger partial charge in [0.05, 0.1) is 48.1 Å². The quantitative estimate of drug-likeness (QED) is 0.137. The number of hydrogen-bond acceptors (Lipinski definition) is 6. The first kappa shape index (κ1) is 28.0. The van der Waals surface area contributed by atoms with E-state index in [1.54, 1.807) is 49.1 Å². The molecule has 214 valence electrons. The molecule has 0 saturated heterocycles. The third-order valence-corrected chi connectivity index (χ3v) is 6.51. The number of anilines is 3. The van der Waals surface area contributed by atoms with E-state index < -0.39 is 12.1 Å². The Kier molecular flexibility index (Phi) is 7.65. The average molecular weight is 567 g/mol. The molecule has 0 bridgehead atoms. The highest BCUT2D eigenvalue weighted by molar-refractivity contribution is 6.08. The topological polar surface area (TPSA) is 150 Å². The lowest BCUT2D eigenvalue weighted by molar-refractivity contribution is 0.209. The Hall–Kier alpha value is -5.58. The molecule has 0 spiro atoms. The molecule has 0 fully saturated rings. The molecule has 2 aromatic heterocycles. The third kappa shape index (κ3) is 6.09. The zero-order valence-electron chi connectivity index (χ0n) is 23.5. The molecule has 5 rings (SSSR count). The second-order valence-electron chi connectivity index (χ2n) is 10.5. The van der Waals surface area contributed by atoms with Gasteiger partial charge >= 0.3 is 12.1 Å². The van der Waals surface area contributed by atoms with Crippen molar-refractivity contribution in [2.24, 2.45) is 0 Å². The molecule has 0 saturated carbocycles. The first-order valence-corrected chi connectivity index (χ1v) is 13.1. The van der Waals surface area contributed by atoms with E-state index in [9.17, 15) is 14.7 Å². The molecule has 11 heteroatoms. The van der Waals surface area contributed by atoms with Gasteiger partial charge in [0.1, 0.15) is 11.5 Å². The molecule has 0 atom stereocenters. The minimum atomic E-state index is -1.24. The average Bonchev–Trinajstić information content (AvgIpc) is 3.49. The van der Waals surface area contributed by atoms with Crippen LogP contribution in [0.4, 0.5) is 26.7 Å². The van der Waals surface area contributed by atoms with Gasteiger partial charge in [-0.3, -0.25) is 10.3 Å². The molecule has 0 aliphatic carbocycles. The van der Waals surface area contributed by atoms with Crippen LogP contribution >= 0.6 is 0 Å². The number of aromatic amines is 1. The van der Waals surface area contributed by atoms with Crippen LogP contribution < -0.4 is 25.4 Å². The van der Waals surface area contributed by atoms with Gasteiger partial charge in [0.2, 0.25) is 0 Å². The number of nitrogens with zero attached hydrogens (tertiary/aromatic N) is 2. The predicted molar refractivity (Wildman–Crippen MR) is 162 cm³/mol. The lowest BCUT2D eigenvalue weighted by Gasteiger charge is -2.23. The smallest absolute Gasteiger partial charge is 0.409 e. The molecule has 0 aliphatic rings. The number of carbonyl (C=O) groups excluding carboxylic acids is 1. The Morgan fingerprint density at radius 3 is 2.29 bits per heavy atom. The standard InChI is InChI=1S/C31H30N6O5/c1-31(2,3)18-13-24(28(41-4)25(14-18)37-30(39)40)36-29(38)35-22-9-10-27(21-8-6-5-7-20(21)22)42-19-11-12-33-23(15-19)26-16-32-17-34-26/h5-17,37H,1-4H3,(H,32,34)(H,39,40)(H2,35,36,38). The van der Waals surface area contributed by atoms with Gasteiger partial charge < -0.3 is 30.2 Å². The summed E-state index contributed by atoms with van der Waals surface area (Å²) < 4.78 is 11.7. The van der Waals surface area contributed by atoms with Crippen LogP contribution in [-0.4, -0.2) is 39.3 Å². The lowest BCUT2D eigenvalue weighted by Crippen LogP contribution is -2.22. The van der Waals surface area contributed by atoms with Crippen molar-refractivity contribution in [2.45, 2.75) is 26.2 Å². The zero-order chi connectivity index (χ0) is 29.9. The number of rotatable bonds is 7. The molecular weight excluding hydrogens is 536 g/mol. The van der Waals surface area contributed by atoms with E-state index in [2.05, 4.69) is 30.9 Å². The van der Waals surface area contributed by atoms with Crippen molar-refractivity contribution in [3.8, 4) is 28.6 Å². The van der Waals surface area contributed by atoms with Crippen LogP contribution in [0.1, 0.15) is 26.3 Å². The fourth-order valence-electron chi connectivity index (χ4n) is 4.47. The first-order valence-electron chi connectivity index (χ1n) is 13.1. The Morgan fingerprint density at radius 1 is 0.905 bits per heavy atom. The summed E-state index contributed by atoms with van der Waals surface area (Å²) in [5, 5.41) is 19.0. The number of ether oxygens (including phenoxy) is 2. The number of hydrogen-bond donors (Lipinski definition) is 5. The first-order chi connectivity index (χ1) is 20.1. The maximum Gasteiger partial charge on any atom is 0.409 e. The highest BCUT2D eigenvalue weighted by atomic mass is 16.5. The summed E-state index contributed by atoms with van der Waals surface area (Å²) in [4.78, 5) is 36.1.